The standard InChI is InChI=1S/C21H44N2O2/c1-2-3-4-5-6-7-8-9-10-11-12-13-14-15-19-23-20(21(24)25)17-16-18-22/h20,23H,2-19,22H2,1H3,(H,24,25)/t20-/m1/s1. The molecule has 1 atom stereocenters. The van der Waals surface area contributed by atoms with Crippen LogP contribution >= 0.6 is 0 Å². The Morgan fingerprint density at radius 2 is 1.24 bits per heavy atom. The second-order valence-electron chi connectivity index (χ2n) is 7.37. The highest BCUT2D eigenvalue weighted by Crippen LogP contribution is 2.12. The average molecular weight is 357 g/mol. The second kappa shape index (κ2) is 19.7. The minimum atomic E-state index is -0.751. The molecule has 0 bridgehead atoms. The maximum Gasteiger partial charge on any atom is 0.320 e. The van der Waals surface area contributed by atoms with Gasteiger partial charge < -0.3 is 16.2 Å². The quantitative estimate of drug-likeness (QED) is 0.260. The topological polar surface area (TPSA) is 75.3 Å². The molecule has 0 rings (SSSR count). The lowest BCUT2D eigenvalue weighted by molar-refractivity contribution is -0.139. The van der Waals surface area contributed by atoms with E-state index in [4.69, 9.17) is 10.8 Å². The van der Waals surface area contributed by atoms with E-state index < -0.39 is 12.0 Å². The van der Waals surface area contributed by atoms with Crippen LogP contribution in [0.15, 0.2) is 0 Å². The van der Waals surface area contributed by atoms with Gasteiger partial charge in [0.2, 0.25) is 0 Å². The summed E-state index contributed by atoms with van der Waals surface area (Å²) in [5, 5.41) is 12.3. The molecule has 0 aromatic heterocycles. The lowest BCUT2D eigenvalue weighted by atomic mass is 10.0. The molecule has 0 aliphatic rings. The van der Waals surface area contributed by atoms with Crippen molar-refractivity contribution in [1.82, 2.24) is 5.32 Å². The second-order valence-corrected chi connectivity index (χ2v) is 7.37. The Kier molecular flexibility index (Phi) is 19.2. The summed E-state index contributed by atoms with van der Waals surface area (Å²) < 4.78 is 0. The van der Waals surface area contributed by atoms with Gasteiger partial charge in [-0.05, 0) is 32.4 Å². The molecule has 0 aliphatic heterocycles. The minimum Gasteiger partial charge on any atom is -0.480 e. The van der Waals surface area contributed by atoms with Gasteiger partial charge in [-0.15, -0.1) is 0 Å². The summed E-state index contributed by atoms with van der Waals surface area (Å²) >= 11 is 0. The van der Waals surface area contributed by atoms with Crippen molar-refractivity contribution in [2.24, 2.45) is 5.73 Å². The number of aliphatic carboxylic acids is 1. The summed E-state index contributed by atoms with van der Waals surface area (Å²) in [6, 6.07) is -0.425. The summed E-state index contributed by atoms with van der Waals surface area (Å²) in [5.74, 6) is -0.751. The fraction of sp³-hybridized carbons (Fsp3) is 0.952. The van der Waals surface area contributed by atoms with E-state index in [1.807, 2.05) is 0 Å². The molecule has 0 saturated heterocycles. The van der Waals surface area contributed by atoms with Crippen LogP contribution < -0.4 is 11.1 Å². The first-order valence-electron chi connectivity index (χ1n) is 10.9. The molecule has 0 heterocycles. The molecular weight excluding hydrogens is 312 g/mol. The van der Waals surface area contributed by atoms with Crippen molar-refractivity contribution >= 4 is 5.97 Å². The van der Waals surface area contributed by atoms with E-state index in [2.05, 4.69) is 12.2 Å². The number of carbonyl (C=O) groups is 1. The van der Waals surface area contributed by atoms with Crippen LogP contribution in [0.2, 0.25) is 0 Å². The van der Waals surface area contributed by atoms with E-state index in [1.54, 1.807) is 0 Å². The van der Waals surface area contributed by atoms with Crippen molar-refractivity contribution < 1.29 is 9.90 Å². The lowest BCUT2D eigenvalue weighted by Gasteiger charge is -2.13. The van der Waals surface area contributed by atoms with Gasteiger partial charge in [0.15, 0.2) is 0 Å². The fourth-order valence-corrected chi connectivity index (χ4v) is 3.23. The van der Waals surface area contributed by atoms with Gasteiger partial charge in [-0.3, -0.25) is 4.79 Å². The maximum absolute atomic E-state index is 11.1. The molecule has 0 unspecified atom stereocenters. The Labute approximate surface area is 156 Å². The molecule has 0 aliphatic carbocycles. The molecule has 25 heavy (non-hydrogen) atoms. The van der Waals surface area contributed by atoms with Crippen molar-refractivity contribution in [2.75, 3.05) is 13.1 Å². The largest absolute Gasteiger partial charge is 0.480 e. The van der Waals surface area contributed by atoms with Crippen molar-refractivity contribution in [3.63, 3.8) is 0 Å². The van der Waals surface area contributed by atoms with Crippen molar-refractivity contribution in [3.8, 4) is 0 Å². The minimum absolute atomic E-state index is 0.425. The molecule has 0 aromatic rings. The van der Waals surface area contributed by atoms with Gasteiger partial charge in [0.05, 0.1) is 0 Å². The predicted octanol–water partition coefficient (Wildman–Crippen LogP) is 5.25. The summed E-state index contributed by atoms with van der Waals surface area (Å²) in [6.45, 7) is 3.64. The van der Waals surface area contributed by atoms with Gasteiger partial charge in [-0.1, -0.05) is 90.4 Å². The Morgan fingerprint density at radius 1 is 0.800 bits per heavy atom. The zero-order valence-corrected chi connectivity index (χ0v) is 16.7. The first-order chi connectivity index (χ1) is 12.2. The number of hydrogen-bond acceptors (Lipinski definition) is 3. The molecule has 150 valence electrons. The predicted molar refractivity (Wildman–Crippen MR) is 108 cm³/mol. The number of hydrogen-bond donors (Lipinski definition) is 3. The van der Waals surface area contributed by atoms with Gasteiger partial charge in [-0.2, -0.15) is 0 Å². The van der Waals surface area contributed by atoms with Crippen molar-refractivity contribution in [1.29, 1.82) is 0 Å². The van der Waals surface area contributed by atoms with Crippen LogP contribution in [0.3, 0.4) is 0 Å². The van der Waals surface area contributed by atoms with E-state index in [1.165, 1.54) is 83.5 Å². The van der Waals surface area contributed by atoms with Crippen LogP contribution in [-0.2, 0) is 4.79 Å². The third-order valence-electron chi connectivity index (χ3n) is 4.92. The summed E-state index contributed by atoms with van der Waals surface area (Å²) in [6.07, 6.45) is 20.3. The van der Waals surface area contributed by atoms with E-state index in [9.17, 15) is 4.79 Å². The third-order valence-corrected chi connectivity index (χ3v) is 4.92. The van der Waals surface area contributed by atoms with Gasteiger partial charge >= 0.3 is 5.97 Å². The van der Waals surface area contributed by atoms with E-state index in [-0.39, 0.29) is 0 Å². The Hall–Kier alpha value is -0.610. The molecule has 0 radical (unpaired) electrons. The van der Waals surface area contributed by atoms with Crippen LogP contribution in [0.4, 0.5) is 0 Å². The number of carboxylic acids is 1. The molecule has 0 aromatic carbocycles. The molecule has 4 N–H and O–H groups in total. The van der Waals surface area contributed by atoms with E-state index in [0.29, 0.717) is 13.0 Å². The Morgan fingerprint density at radius 3 is 1.64 bits per heavy atom. The van der Waals surface area contributed by atoms with Gasteiger partial charge in [-0.25, -0.2) is 0 Å². The number of nitrogens with two attached hydrogens (primary N) is 1. The summed E-state index contributed by atoms with van der Waals surface area (Å²) in [4.78, 5) is 11.1. The highest BCUT2D eigenvalue weighted by atomic mass is 16.4. The summed E-state index contributed by atoms with van der Waals surface area (Å²) in [7, 11) is 0. The number of unbranched alkanes of at least 4 members (excludes halogenated alkanes) is 13. The van der Waals surface area contributed by atoms with Crippen molar-refractivity contribution in [3.05, 3.63) is 0 Å². The maximum atomic E-state index is 11.1. The molecule has 0 fully saturated rings. The molecular formula is C21H44N2O2. The van der Waals surface area contributed by atoms with Crippen LogP contribution in [0, 0.1) is 0 Å². The number of nitrogens with one attached hydrogen (secondary N) is 1. The first-order valence-corrected chi connectivity index (χ1v) is 10.9. The number of carboxylic acid groups (broad SMARTS) is 1. The molecule has 4 heteroatoms. The zero-order valence-electron chi connectivity index (χ0n) is 16.7. The molecule has 4 nitrogen and oxygen atoms in total. The van der Waals surface area contributed by atoms with Crippen LogP contribution in [0.1, 0.15) is 110 Å². The monoisotopic (exact) mass is 356 g/mol. The number of rotatable bonds is 20. The zero-order chi connectivity index (χ0) is 18.6. The Bertz CT molecular complexity index is 285. The summed E-state index contributed by atoms with van der Waals surface area (Å²) in [5.41, 5.74) is 5.44. The average Bonchev–Trinajstić information content (AvgIpc) is 2.60. The van der Waals surface area contributed by atoms with Crippen LogP contribution in [-0.4, -0.2) is 30.2 Å². The van der Waals surface area contributed by atoms with Gasteiger partial charge in [0, 0.05) is 0 Å². The molecule has 0 spiro atoms. The fourth-order valence-electron chi connectivity index (χ4n) is 3.23. The first kappa shape index (κ1) is 24.4. The van der Waals surface area contributed by atoms with Gasteiger partial charge in [0.1, 0.15) is 6.04 Å². The lowest BCUT2D eigenvalue weighted by Crippen LogP contribution is -2.37. The highest BCUT2D eigenvalue weighted by Gasteiger charge is 2.14. The molecule has 0 amide bonds. The highest BCUT2D eigenvalue weighted by molar-refractivity contribution is 5.73. The molecule has 0 saturated carbocycles. The Balaban J connectivity index is 3.24. The van der Waals surface area contributed by atoms with E-state index >= 15 is 0 Å². The van der Waals surface area contributed by atoms with Gasteiger partial charge in [0.25, 0.3) is 0 Å². The normalized spacial score (nSPS) is 12.4. The van der Waals surface area contributed by atoms with Crippen LogP contribution in [0.5, 0.6) is 0 Å². The smallest absolute Gasteiger partial charge is 0.320 e. The SMILES string of the molecule is CCCCCCCCCCCCCCCCN[C@H](CCCN)C(=O)O. The van der Waals surface area contributed by atoms with Crippen LogP contribution in [0.25, 0.3) is 0 Å². The van der Waals surface area contributed by atoms with E-state index in [0.717, 1.165) is 19.4 Å². The third kappa shape index (κ3) is 18.0. The van der Waals surface area contributed by atoms with Crippen molar-refractivity contribution in [2.45, 2.75) is 116 Å².